The van der Waals surface area contributed by atoms with Crippen LogP contribution < -0.4 is 10.6 Å². The summed E-state index contributed by atoms with van der Waals surface area (Å²) in [6.45, 7) is 5.90. The fraction of sp³-hybridized carbons (Fsp3) is 0.550. The number of nitrogens with one attached hydrogen (secondary N) is 2. The second-order valence-electron chi connectivity index (χ2n) is 6.82. The lowest BCUT2D eigenvalue weighted by atomic mass is 9.95. The van der Waals surface area contributed by atoms with E-state index in [9.17, 15) is 4.39 Å². The predicted molar refractivity (Wildman–Crippen MR) is 99.4 cm³/mol. The van der Waals surface area contributed by atoms with Gasteiger partial charge in [0.25, 0.3) is 0 Å². The van der Waals surface area contributed by atoms with Gasteiger partial charge in [0.1, 0.15) is 5.82 Å². The molecule has 1 aliphatic heterocycles. The van der Waals surface area contributed by atoms with Gasteiger partial charge in [-0.05, 0) is 44.2 Å². The lowest BCUT2D eigenvalue weighted by Gasteiger charge is -2.17. The third-order valence-electron chi connectivity index (χ3n) is 4.98. The number of aliphatic imine (C=N–C) groups is 1. The summed E-state index contributed by atoms with van der Waals surface area (Å²) in [6, 6.07) is 7.10. The number of rotatable bonds is 7. The highest BCUT2D eigenvalue weighted by molar-refractivity contribution is 5.79. The first-order valence-electron chi connectivity index (χ1n) is 9.26. The van der Waals surface area contributed by atoms with Crippen molar-refractivity contribution in [3.63, 3.8) is 0 Å². The van der Waals surface area contributed by atoms with E-state index in [1.54, 1.807) is 12.1 Å². The van der Waals surface area contributed by atoms with E-state index < -0.39 is 0 Å². The van der Waals surface area contributed by atoms with Crippen LogP contribution in [0.1, 0.15) is 38.2 Å². The molecule has 0 spiro atoms. The van der Waals surface area contributed by atoms with E-state index in [4.69, 9.17) is 9.73 Å². The molecule has 25 heavy (non-hydrogen) atoms. The van der Waals surface area contributed by atoms with Crippen LogP contribution in [-0.4, -0.2) is 38.8 Å². The molecular weight excluding hydrogens is 317 g/mol. The highest BCUT2D eigenvalue weighted by atomic mass is 19.1. The largest absolute Gasteiger partial charge is 0.377 e. The van der Waals surface area contributed by atoms with Gasteiger partial charge in [-0.1, -0.05) is 29.8 Å². The summed E-state index contributed by atoms with van der Waals surface area (Å²) in [7, 11) is 0. The topological polar surface area (TPSA) is 45.7 Å². The van der Waals surface area contributed by atoms with Gasteiger partial charge in [0.05, 0.1) is 19.8 Å². The van der Waals surface area contributed by atoms with Gasteiger partial charge >= 0.3 is 0 Å². The van der Waals surface area contributed by atoms with Crippen molar-refractivity contribution in [2.24, 2.45) is 4.99 Å². The highest BCUT2D eigenvalue weighted by Gasteiger charge is 2.45. The summed E-state index contributed by atoms with van der Waals surface area (Å²) in [5.41, 5.74) is 2.14. The molecule has 1 aliphatic carbocycles. The summed E-state index contributed by atoms with van der Waals surface area (Å²) in [5.74, 6) is 0.706. The van der Waals surface area contributed by atoms with Crippen LogP contribution in [0.3, 0.4) is 0 Å². The van der Waals surface area contributed by atoms with Crippen LogP contribution in [-0.2, 0) is 10.2 Å². The molecule has 136 valence electrons. The number of guanidine groups is 1. The molecule has 2 N–H and O–H groups in total. The Morgan fingerprint density at radius 3 is 2.80 bits per heavy atom. The first kappa shape index (κ1) is 17.9. The fourth-order valence-electron chi connectivity index (χ4n) is 3.26. The van der Waals surface area contributed by atoms with Crippen molar-refractivity contribution >= 4 is 5.96 Å². The maximum Gasteiger partial charge on any atom is 0.191 e. The molecule has 3 rings (SSSR count). The quantitative estimate of drug-likeness (QED) is 0.453. The Morgan fingerprint density at radius 1 is 1.28 bits per heavy atom. The van der Waals surface area contributed by atoms with Crippen LogP contribution in [0.15, 0.2) is 40.9 Å². The number of ether oxygens (including phenoxy) is 1. The summed E-state index contributed by atoms with van der Waals surface area (Å²) in [5, 5.41) is 6.69. The first-order valence-corrected chi connectivity index (χ1v) is 9.26. The Morgan fingerprint density at radius 2 is 2.12 bits per heavy atom. The molecule has 4 nitrogen and oxygen atoms in total. The molecule has 1 aromatic rings. The predicted octanol–water partition coefficient (Wildman–Crippen LogP) is 3.15. The number of nitrogens with zero attached hydrogens (tertiary/aromatic N) is 1. The lowest BCUT2D eigenvalue weighted by Crippen LogP contribution is -2.38. The van der Waals surface area contributed by atoms with Crippen LogP contribution in [0.2, 0.25) is 0 Å². The summed E-state index contributed by atoms with van der Waals surface area (Å²) >= 11 is 0. The molecule has 1 aromatic carbocycles. The Kier molecular flexibility index (Phi) is 6.08. The van der Waals surface area contributed by atoms with E-state index in [0.29, 0.717) is 6.54 Å². The Balaban J connectivity index is 1.56. The van der Waals surface area contributed by atoms with Gasteiger partial charge in [-0.2, -0.15) is 0 Å². The van der Waals surface area contributed by atoms with Crippen molar-refractivity contribution in [2.75, 3.05) is 32.8 Å². The highest BCUT2D eigenvalue weighted by Crippen LogP contribution is 2.49. The third kappa shape index (κ3) is 4.82. The van der Waals surface area contributed by atoms with Crippen LogP contribution in [0, 0.1) is 5.82 Å². The molecule has 0 bridgehead atoms. The van der Waals surface area contributed by atoms with Crippen molar-refractivity contribution in [1.29, 1.82) is 0 Å². The number of halogens is 1. The molecule has 0 atom stereocenters. The lowest BCUT2D eigenvalue weighted by molar-refractivity contribution is 0.153. The van der Waals surface area contributed by atoms with E-state index in [1.165, 1.54) is 5.57 Å². The average Bonchev–Trinajstić information content (AvgIpc) is 3.42. The standard InChI is InChI=1S/C20H28FN3O/c1-2-22-19(23-12-7-16-8-13-25-14-9-16)24-15-20(10-11-20)17-5-3-4-6-18(17)21/h3-6,8H,2,7,9-15H2,1H3,(H2,22,23,24). The van der Waals surface area contributed by atoms with Gasteiger partial charge in [0, 0.05) is 18.5 Å². The van der Waals surface area contributed by atoms with E-state index in [0.717, 1.165) is 63.5 Å². The molecule has 1 fully saturated rings. The van der Waals surface area contributed by atoms with E-state index in [1.807, 2.05) is 12.1 Å². The van der Waals surface area contributed by atoms with Crippen molar-refractivity contribution in [1.82, 2.24) is 10.6 Å². The monoisotopic (exact) mass is 345 g/mol. The van der Waals surface area contributed by atoms with E-state index >= 15 is 0 Å². The normalized spacial score (nSPS) is 19.3. The maximum absolute atomic E-state index is 14.1. The van der Waals surface area contributed by atoms with Crippen molar-refractivity contribution < 1.29 is 9.13 Å². The Bertz CT molecular complexity index is 638. The summed E-state index contributed by atoms with van der Waals surface area (Å²) < 4.78 is 19.4. The zero-order chi connectivity index (χ0) is 17.5. The fourth-order valence-corrected chi connectivity index (χ4v) is 3.26. The minimum Gasteiger partial charge on any atom is -0.377 e. The smallest absolute Gasteiger partial charge is 0.191 e. The molecule has 1 heterocycles. The molecule has 2 aliphatic rings. The van der Waals surface area contributed by atoms with Crippen LogP contribution in [0.25, 0.3) is 0 Å². The van der Waals surface area contributed by atoms with Crippen LogP contribution in [0.4, 0.5) is 4.39 Å². The van der Waals surface area contributed by atoms with Gasteiger partial charge in [0.15, 0.2) is 5.96 Å². The van der Waals surface area contributed by atoms with E-state index in [2.05, 4.69) is 23.6 Å². The second-order valence-corrected chi connectivity index (χ2v) is 6.82. The zero-order valence-corrected chi connectivity index (χ0v) is 15.0. The maximum atomic E-state index is 14.1. The van der Waals surface area contributed by atoms with Gasteiger partial charge in [-0.25, -0.2) is 4.39 Å². The number of hydrogen-bond acceptors (Lipinski definition) is 2. The summed E-state index contributed by atoms with van der Waals surface area (Å²) in [6.07, 6.45) is 6.21. The van der Waals surface area contributed by atoms with Crippen molar-refractivity contribution in [3.05, 3.63) is 47.3 Å². The minimum atomic E-state index is -0.114. The van der Waals surface area contributed by atoms with Gasteiger partial charge in [0.2, 0.25) is 0 Å². The van der Waals surface area contributed by atoms with Gasteiger partial charge < -0.3 is 15.4 Å². The summed E-state index contributed by atoms with van der Waals surface area (Å²) in [4.78, 5) is 4.73. The number of benzene rings is 1. The number of hydrogen-bond donors (Lipinski definition) is 2. The van der Waals surface area contributed by atoms with Crippen molar-refractivity contribution in [2.45, 2.75) is 38.0 Å². The molecule has 0 amide bonds. The molecule has 5 heteroatoms. The zero-order valence-electron chi connectivity index (χ0n) is 15.0. The van der Waals surface area contributed by atoms with Crippen LogP contribution in [0.5, 0.6) is 0 Å². The van der Waals surface area contributed by atoms with Crippen molar-refractivity contribution in [3.8, 4) is 0 Å². The second kappa shape index (κ2) is 8.48. The van der Waals surface area contributed by atoms with Gasteiger partial charge in [-0.15, -0.1) is 0 Å². The van der Waals surface area contributed by atoms with Gasteiger partial charge in [-0.3, -0.25) is 4.99 Å². The third-order valence-corrected chi connectivity index (χ3v) is 4.98. The van der Waals surface area contributed by atoms with E-state index in [-0.39, 0.29) is 11.2 Å². The first-order chi connectivity index (χ1) is 12.2. The molecule has 0 aromatic heterocycles. The van der Waals surface area contributed by atoms with Crippen LogP contribution >= 0.6 is 0 Å². The average molecular weight is 345 g/mol. The molecular formula is C20H28FN3O. The minimum absolute atomic E-state index is 0.111. The molecule has 0 saturated heterocycles. The SMILES string of the molecule is CCNC(=NCC1(c2ccccc2F)CC1)NCCC1=CCOCC1. The molecule has 0 unspecified atom stereocenters. The Hall–Kier alpha value is -1.88. The molecule has 1 saturated carbocycles. The molecule has 0 radical (unpaired) electrons. The Labute approximate surface area is 149 Å².